The molecule has 15 heavy (non-hydrogen) atoms. The molecule has 0 bridgehead atoms. The van der Waals surface area contributed by atoms with Crippen LogP contribution in [-0.4, -0.2) is 28.9 Å². The summed E-state index contributed by atoms with van der Waals surface area (Å²) in [6, 6.07) is 0.310. The Bertz CT molecular complexity index is 270. The molecule has 0 aliphatic heterocycles. The fourth-order valence-electron chi connectivity index (χ4n) is 2.03. The molecule has 1 aliphatic carbocycles. The highest BCUT2D eigenvalue weighted by Crippen LogP contribution is 2.47. The minimum atomic E-state index is -0.493. The van der Waals surface area contributed by atoms with Crippen LogP contribution in [0.5, 0.6) is 0 Å². The van der Waals surface area contributed by atoms with E-state index >= 15 is 0 Å². The number of nitrogens with zero attached hydrogens (tertiary/aromatic N) is 1. The number of nitrogens with two attached hydrogens (primary N) is 1. The lowest BCUT2D eigenvalue weighted by Gasteiger charge is -2.29. The van der Waals surface area contributed by atoms with Gasteiger partial charge in [-0.3, -0.25) is 4.79 Å². The van der Waals surface area contributed by atoms with Crippen LogP contribution in [0.2, 0.25) is 0 Å². The van der Waals surface area contributed by atoms with Crippen LogP contribution in [0.4, 0.5) is 0 Å². The van der Waals surface area contributed by atoms with Gasteiger partial charge in [0.15, 0.2) is 0 Å². The van der Waals surface area contributed by atoms with Crippen LogP contribution in [0.25, 0.3) is 0 Å². The second-order valence-electron chi connectivity index (χ2n) is 4.33. The fraction of sp³-hybridized carbons (Fsp3) is 0.818. The Labute approximate surface area is 97.0 Å². The van der Waals surface area contributed by atoms with Crippen molar-refractivity contribution in [2.24, 2.45) is 11.1 Å². The zero-order chi connectivity index (χ0) is 11.6. The largest absolute Gasteiger partial charge is 0.392 e. The van der Waals surface area contributed by atoms with E-state index in [0.29, 0.717) is 11.0 Å². The summed E-state index contributed by atoms with van der Waals surface area (Å²) in [4.78, 5) is 14.4. The van der Waals surface area contributed by atoms with Crippen LogP contribution < -0.4 is 5.73 Å². The number of thiocarbonyl (C=S) groups is 1. The average Bonchev–Trinajstić information content (AvgIpc) is 2.99. The van der Waals surface area contributed by atoms with Gasteiger partial charge in [0.05, 0.1) is 10.4 Å². The van der Waals surface area contributed by atoms with Crippen LogP contribution in [0.3, 0.4) is 0 Å². The summed E-state index contributed by atoms with van der Waals surface area (Å²) < 4.78 is 0. The molecule has 0 unspecified atom stereocenters. The highest BCUT2D eigenvalue weighted by atomic mass is 32.1. The molecule has 1 fully saturated rings. The van der Waals surface area contributed by atoms with E-state index in [9.17, 15) is 4.79 Å². The highest BCUT2D eigenvalue weighted by Gasteiger charge is 2.54. The summed E-state index contributed by atoms with van der Waals surface area (Å²) in [5.74, 6) is 0.115. The lowest BCUT2D eigenvalue weighted by Crippen LogP contribution is -2.45. The van der Waals surface area contributed by atoms with Crippen molar-refractivity contribution in [2.45, 2.75) is 45.6 Å². The molecule has 0 atom stereocenters. The van der Waals surface area contributed by atoms with Gasteiger partial charge in [-0.15, -0.1) is 0 Å². The van der Waals surface area contributed by atoms with Crippen molar-refractivity contribution in [1.29, 1.82) is 0 Å². The first-order chi connectivity index (χ1) is 6.99. The predicted octanol–water partition coefficient (Wildman–Crippen LogP) is 1.70. The van der Waals surface area contributed by atoms with E-state index in [2.05, 4.69) is 13.8 Å². The third-order valence-corrected chi connectivity index (χ3v) is 3.83. The Morgan fingerprint density at radius 1 is 1.47 bits per heavy atom. The molecule has 4 heteroatoms. The third kappa shape index (κ3) is 2.14. The van der Waals surface area contributed by atoms with Gasteiger partial charge in [0, 0.05) is 13.1 Å². The standard InChI is InChI=1S/C11H20N2OS/c1-4-8(5-2)13(3)10(14)11(6-7-11)9(12)15/h8H,4-7H2,1-3H3,(H2,12,15). The zero-order valence-corrected chi connectivity index (χ0v) is 10.6. The topological polar surface area (TPSA) is 46.3 Å². The van der Waals surface area contributed by atoms with Gasteiger partial charge in [0.2, 0.25) is 5.91 Å². The van der Waals surface area contributed by atoms with Crippen molar-refractivity contribution >= 4 is 23.1 Å². The molecule has 1 saturated carbocycles. The molecule has 0 heterocycles. The maximum Gasteiger partial charge on any atom is 0.235 e. The third-order valence-electron chi connectivity index (χ3n) is 3.44. The Hall–Kier alpha value is -0.640. The number of amides is 1. The van der Waals surface area contributed by atoms with Crippen LogP contribution in [0, 0.1) is 5.41 Å². The zero-order valence-electron chi connectivity index (χ0n) is 9.75. The molecule has 1 rings (SSSR count). The van der Waals surface area contributed by atoms with E-state index in [-0.39, 0.29) is 5.91 Å². The molecule has 0 aromatic carbocycles. The molecule has 1 aliphatic rings. The second kappa shape index (κ2) is 4.47. The Balaban J connectivity index is 2.72. The Morgan fingerprint density at radius 2 is 1.93 bits per heavy atom. The van der Waals surface area contributed by atoms with Gasteiger partial charge in [-0.2, -0.15) is 0 Å². The molecule has 0 spiro atoms. The van der Waals surface area contributed by atoms with Crippen molar-refractivity contribution in [3.8, 4) is 0 Å². The van der Waals surface area contributed by atoms with Gasteiger partial charge in [-0.1, -0.05) is 26.1 Å². The van der Waals surface area contributed by atoms with Crippen LogP contribution in [0.1, 0.15) is 39.5 Å². The SMILES string of the molecule is CCC(CC)N(C)C(=O)C1(C(N)=S)CC1. The lowest BCUT2D eigenvalue weighted by atomic mass is 10.0. The van der Waals surface area contributed by atoms with Crippen molar-refractivity contribution in [3.63, 3.8) is 0 Å². The number of carbonyl (C=O) groups excluding carboxylic acids is 1. The van der Waals surface area contributed by atoms with Gasteiger partial charge >= 0.3 is 0 Å². The summed E-state index contributed by atoms with van der Waals surface area (Å²) in [6.07, 6.45) is 3.61. The minimum absolute atomic E-state index is 0.115. The van der Waals surface area contributed by atoms with Crippen LogP contribution >= 0.6 is 12.2 Å². The summed E-state index contributed by atoms with van der Waals surface area (Å²) in [6.45, 7) is 4.19. The van der Waals surface area contributed by atoms with Gasteiger partial charge in [-0.05, 0) is 25.7 Å². The van der Waals surface area contributed by atoms with Crippen molar-refractivity contribution in [2.75, 3.05) is 7.05 Å². The molecule has 0 saturated heterocycles. The summed E-state index contributed by atoms with van der Waals surface area (Å²) in [5.41, 5.74) is 5.15. The summed E-state index contributed by atoms with van der Waals surface area (Å²) in [5, 5.41) is 0. The molecular formula is C11H20N2OS. The first kappa shape index (κ1) is 12.4. The molecule has 1 amide bonds. The fourth-order valence-corrected chi connectivity index (χ4v) is 2.32. The van der Waals surface area contributed by atoms with Crippen molar-refractivity contribution in [3.05, 3.63) is 0 Å². The maximum absolute atomic E-state index is 12.2. The quantitative estimate of drug-likeness (QED) is 0.729. The van der Waals surface area contributed by atoms with Crippen molar-refractivity contribution < 1.29 is 4.79 Å². The smallest absolute Gasteiger partial charge is 0.235 e. The molecule has 86 valence electrons. The maximum atomic E-state index is 12.2. The molecular weight excluding hydrogens is 208 g/mol. The van der Waals surface area contributed by atoms with E-state index in [4.69, 9.17) is 18.0 Å². The van der Waals surface area contributed by atoms with Crippen LogP contribution in [0.15, 0.2) is 0 Å². The normalized spacial score (nSPS) is 17.6. The monoisotopic (exact) mass is 228 g/mol. The van der Waals surface area contributed by atoms with E-state index < -0.39 is 5.41 Å². The summed E-state index contributed by atoms with van der Waals surface area (Å²) >= 11 is 4.98. The number of hydrogen-bond donors (Lipinski definition) is 1. The molecule has 0 aromatic rings. The van der Waals surface area contributed by atoms with E-state index in [1.807, 2.05) is 11.9 Å². The first-order valence-electron chi connectivity index (χ1n) is 5.56. The van der Waals surface area contributed by atoms with Crippen LogP contribution in [-0.2, 0) is 4.79 Å². The molecule has 0 aromatic heterocycles. The predicted molar refractivity (Wildman–Crippen MR) is 65.6 cm³/mol. The van der Waals surface area contributed by atoms with Gasteiger partial charge in [0.25, 0.3) is 0 Å². The number of hydrogen-bond acceptors (Lipinski definition) is 2. The molecule has 0 radical (unpaired) electrons. The minimum Gasteiger partial charge on any atom is -0.392 e. The lowest BCUT2D eigenvalue weighted by molar-refractivity contribution is -0.135. The van der Waals surface area contributed by atoms with E-state index in [0.717, 1.165) is 25.7 Å². The first-order valence-corrected chi connectivity index (χ1v) is 5.97. The average molecular weight is 228 g/mol. The van der Waals surface area contributed by atoms with Gasteiger partial charge in [-0.25, -0.2) is 0 Å². The summed E-state index contributed by atoms with van der Waals surface area (Å²) in [7, 11) is 1.86. The molecule has 3 nitrogen and oxygen atoms in total. The highest BCUT2D eigenvalue weighted by molar-refractivity contribution is 7.80. The van der Waals surface area contributed by atoms with Crippen molar-refractivity contribution in [1.82, 2.24) is 4.90 Å². The number of rotatable bonds is 5. The van der Waals surface area contributed by atoms with Gasteiger partial charge in [0.1, 0.15) is 0 Å². The van der Waals surface area contributed by atoms with E-state index in [1.165, 1.54) is 0 Å². The Kier molecular flexibility index (Phi) is 3.71. The second-order valence-corrected chi connectivity index (χ2v) is 4.77. The van der Waals surface area contributed by atoms with Gasteiger partial charge < -0.3 is 10.6 Å². The Morgan fingerprint density at radius 3 is 2.20 bits per heavy atom. The van der Waals surface area contributed by atoms with E-state index in [1.54, 1.807) is 0 Å². The molecule has 2 N–H and O–H groups in total. The number of carbonyl (C=O) groups is 1.